The van der Waals surface area contributed by atoms with E-state index >= 15 is 0 Å². The fourth-order valence-corrected chi connectivity index (χ4v) is 10.6. The Labute approximate surface area is 413 Å². The van der Waals surface area contributed by atoms with Gasteiger partial charge in [0.2, 0.25) is 0 Å². The zero-order chi connectivity index (χ0) is 49.9. The van der Waals surface area contributed by atoms with Gasteiger partial charge in [-0.05, 0) is 116 Å². The van der Waals surface area contributed by atoms with E-state index in [4.69, 9.17) is 18.6 Å². The van der Waals surface area contributed by atoms with E-state index in [0.29, 0.717) is 44.6 Å². The number of likely N-dealkylation sites (tertiary alicyclic amines) is 1. The van der Waals surface area contributed by atoms with Crippen LogP contribution in [0.2, 0.25) is 0 Å². The largest absolute Gasteiger partial charge is 0.468 e. The summed E-state index contributed by atoms with van der Waals surface area (Å²) in [6.07, 6.45) is 10.1. The standard InChI is InChI=1S/C54H77N7O9/c1-8-48-41(31-59-22-13-9-10-14-23-59)26-35(2)19-20-46(62)36(3)27-40(53(37(4)47(63)29-49(64)69-48)70-54-52(66)50(58(6)7)51(65)38(5)68-54)21-24-60(34-44-17-15-25-67-44)32-42-33-61(57-56-42)43-28-39-16-11-12-18-45(39)55-30-43/h11-12,15-20,25-26,28,30,33,36-38,40-41,47-48,50-54,63,65-66H,8-10,13-14,21-24,27,29,31-32,34H2,1-7H3/b20-19+,35-26+/t36-,37+,38-,40+,41-,47-,48-,50+,51-,52-,53-,54+/m1/s1. The van der Waals surface area contributed by atoms with E-state index in [1.54, 1.807) is 49.1 Å². The topological polar surface area (TPSA) is 189 Å². The first-order chi connectivity index (χ1) is 33.7. The maximum Gasteiger partial charge on any atom is 0.308 e. The van der Waals surface area contributed by atoms with Crippen molar-refractivity contribution in [3.05, 3.63) is 96.4 Å². The maximum absolute atomic E-state index is 14.2. The number of hydrogen-bond donors (Lipinski definition) is 3. The molecule has 2 saturated heterocycles. The number of hydrogen-bond acceptors (Lipinski definition) is 15. The van der Waals surface area contributed by atoms with Crippen LogP contribution in [0.1, 0.15) is 97.4 Å². The molecule has 16 heteroatoms. The average Bonchev–Trinajstić information content (AvgIpc) is 3.97. The number of para-hydroxylation sites is 1. The number of cyclic esters (lactones) is 1. The third-order valence-electron chi connectivity index (χ3n) is 14.7. The van der Waals surface area contributed by atoms with Crippen LogP contribution in [0.15, 0.2) is 89.3 Å². The second-order valence-corrected chi connectivity index (χ2v) is 20.4. The third-order valence-corrected chi connectivity index (χ3v) is 14.7. The number of benzene rings is 1. The van der Waals surface area contributed by atoms with Gasteiger partial charge in [-0.15, -0.1) is 5.10 Å². The molecule has 12 atom stereocenters. The van der Waals surface area contributed by atoms with Crippen molar-refractivity contribution in [2.24, 2.45) is 23.7 Å². The highest BCUT2D eigenvalue weighted by atomic mass is 16.7. The van der Waals surface area contributed by atoms with E-state index in [1.165, 1.54) is 12.8 Å². The van der Waals surface area contributed by atoms with E-state index in [0.717, 1.165) is 60.4 Å². The molecule has 3 aromatic heterocycles. The lowest BCUT2D eigenvalue weighted by Gasteiger charge is -2.46. The number of aliphatic hydroxyl groups excluding tert-OH is 3. The van der Waals surface area contributed by atoms with Crippen molar-refractivity contribution in [2.75, 3.05) is 40.3 Å². The molecule has 3 N–H and O–H groups in total. The molecule has 70 heavy (non-hydrogen) atoms. The van der Waals surface area contributed by atoms with Crippen LogP contribution >= 0.6 is 0 Å². The number of carbonyl (C=O) groups is 2. The van der Waals surface area contributed by atoms with Gasteiger partial charge in [-0.1, -0.05) is 74.8 Å². The number of aliphatic hydroxyl groups is 3. The van der Waals surface area contributed by atoms with Gasteiger partial charge in [0.1, 0.15) is 18.0 Å². The van der Waals surface area contributed by atoms with Crippen LogP contribution in [0.4, 0.5) is 0 Å². The van der Waals surface area contributed by atoms with Gasteiger partial charge in [-0.3, -0.25) is 19.5 Å². The molecule has 3 aliphatic rings. The number of allylic oxidation sites excluding steroid dienone is 3. The molecule has 3 aliphatic heterocycles. The van der Waals surface area contributed by atoms with Gasteiger partial charge in [0, 0.05) is 36.2 Å². The monoisotopic (exact) mass is 968 g/mol. The highest BCUT2D eigenvalue weighted by Gasteiger charge is 2.47. The molecule has 0 bridgehead atoms. The SMILES string of the molecule is CC[C@H]1OC(=O)C[C@@H](O)[C@H](C)[C@@H](O[C@@H]2O[C@H](C)[C@@H](O)[C@H](N(C)C)[C@H]2O)[C@@H](CCN(Cc2cn(-c3cnc4ccccc4c3)nn2)Cc2ccco2)C[C@@H](C)C(=O)/C=C/C(C)=C/[C@@H]1CN1CCCCCC1. The zero-order valence-corrected chi connectivity index (χ0v) is 42.3. The van der Waals surface area contributed by atoms with Crippen molar-refractivity contribution in [2.45, 2.75) is 148 Å². The number of esters is 1. The van der Waals surface area contributed by atoms with Crippen molar-refractivity contribution in [1.82, 2.24) is 34.7 Å². The smallest absolute Gasteiger partial charge is 0.308 e. The third kappa shape index (κ3) is 14.1. The van der Waals surface area contributed by atoms with Gasteiger partial charge in [0.05, 0.1) is 79.0 Å². The Kier molecular flexibility index (Phi) is 19.1. The van der Waals surface area contributed by atoms with Crippen LogP contribution in [0.3, 0.4) is 0 Å². The molecule has 4 aromatic rings. The lowest BCUT2D eigenvalue weighted by Crippen LogP contribution is -2.63. The summed E-state index contributed by atoms with van der Waals surface area (Å²) in [5, 5.41) is 45.2. The predicted molar refractivity (Wildman–Crippen MR) is 266 cm³/mol. The summed E-state index contributed by atoms with van der Waals surface area (Å²) in [4.78, 5) is 39.3. The summed E-state index contributed by atoms with van der Waals surface area (Å²) in [5.41, 5.74) is 3.28. The number of pyridine rings is 1. The van der Waals surface area contributed by atoms with Gasteiger partial charge in [0.25, 0.3) is 0 Å². The summed E-state index contributed by atoms with van der Waals surface area (Å²) < 4.78 is 27.0. The Morgan fingerprint density at radius 3 is 2.44 bits per heavy atom. The van der Waals surface area contributed by atoms with E-state index in [9.17, 15) is 24.9 Å². The van der Waals surface area contributed by atoms with Crippen molar-refractivity contribution in [3.8, 4) is 5.69 Å². The van der Waals surface area contributed by atoms with Crippen LogP contribution in [-0.4, -0.2) is 151 Å². The average molecular weight is 968 g/mol. The lowest BCUT2D eigenvalue weighted by atomic mass is 9.79. The Balaban J connectivity index is 1.21. The highest BCUT2D eigenvalue weighted by Crippen LogP contribution is 2.35. The number of aromatic nitrogens is 4. The van der Waals surface area contributed by atoms with Crippen LogP contribution in [0, 0.1) is 23.7 Å². The Bertz CT molecular complexity index is 2330. The summed E-state index contributed by atoms with van der Waals surface area (Å²) in [5.74, 6) is -1.53. The molecule has 16 nitrogen and oxygen atoms in total. The Morgan fingerprint density at radius 1 is 0.943 bits per heavy atom. The van der Waals surface area contributed by atoms with Gasteiger partial charge < -0.3 is 43.7 Å². The molecule has 0 amide bonds. The number of ether oxygens (including phenoxy) is 3. The van der Waals surface area contributed by atoms with E-state index in [1.807, 2.05) is 82.4 Å². The quantitative estimate of drug-likeness (QED) is 0.116. The van der Waals surface area contributed by atoms with Crippen molar-refractivity contribution < 1.29 is 43.5 Å². The number of ketones is 1. The van der Waals surface area contributed by atoms with Crippen LogP contribution < -0.4 is 0 Å². The number of nitrogens with zero attached hydrogens (tertiary/aromatic N) is 7. The molecule has 0 spiro atoms. The van der Waals surface area contributed by atoms with E-state index in [2.05, 4.69) is 31.2 Å². The van der Waals surface area contributed by atoms with Gasteiger partial charge in [0.15, 0.2) is 12.1 Å². The molecular weight excluding hydrogens is 891 g/mol. The molecular formula is C54H77N7O9. The number of fused-ring (bicyclic) bond motifs is 1. The molecule has 6 heterocycles. The van der Waals surface area contributed by atoms with Crippen LogP contribution in [-0.2, 0) is 36.9 Å². The van der Waals surface area contributed by atoms with Crippen LogP contribution in [0.25, 0.3) is 16.6 Å². The Morgan fingerprint density at radius 2 is 1.71 bits per heavy atom. The molecule has 1 aromatic carbocycles. The summed E-state index contributed by atoms with van der Waals surface area (Å²) in [7, 11) is 3.56. The first-order valence-corrected chi connectivity index (χ1v) is 25.5. The molecule has 382 valence electrons. The second kappa shape index (κ2) is 25.1. The maximum atomic E-state index is 14.2. The highest BCUT2D eigenvalue weighted by molar-refractivity contribution is 5.91. The fourth-order valence-electron chi connectivity index (χ4n) is 10.6. The number of rotatable bonds is 14. The minimum Gasteiger partial charge on any atom is -0.468 e. The Hall–Kier alpha value is -4.65. The van der Waals surface area contributed by atoms with E-state index in [-0.39, 0.29) is 18.1 Å². The minimum absolute atomic E-state index is 0.0510. The van der Waals surface area contributed by atoms with Crippen molar-refractivity contribution in [3.63, 3.8) is 0 Å². The molecule has 0 aliphatic carbocycles. The van der Waals surface area contributed by atoms with E-state index < -0.39 is 72.7 Å². The second-order valence-electron chi connectivity index (χ2n) is 20.4. The molecule has 0 saturated carbocycles. The van der Waals surface area contributed by atoms with Crippen molar-refractivity contribution >= 4 is 22.7 Å². The molecule has 0 radical (unpaired) electrons. The lowest BCUT2D eigenvalue weighted by molar-refractivity contribution is -0.304. The molecule has 7 rings (SSSR count). The first-order valence-electron chi connectivity index (χ1n) is 25.5. The zero-order valence-electron chi connectivity index (χ0n) is 42.3. The van der Waals surface area contributed by atoms with Crippen molar-refractivity contribution in [1.29, 1.82) is 0 Å². The fraction of sp³-hybridized carbons (Fsp3) is 0.611. The molecule has 0 unspecified atom stereocenters. The van der Waals surface area contributed by atoms with Gasteiger partial charge in [-0.2, -0.15) is 0 Å². The number of furan rings is 1. The summed E-state index contributed by atoms with van der Waals surface area (Å²) >= 11 is 0. The van der Waals surface area contributed by atoms with Gasteiger partial charge >= 0.3 is 5.97 Å². The number of carbonyl (C=O) groups excluding carboxylic acids is 2. The molecule has 2 fully saturated rings. The normalized spacial score (nSPS) is 31.6. The summed E-state index contributed by atoms with van der Waals surface area (Å²) in [6, 6.07) is 13.0. The van der Waals surface area contributed by atoms with Crippen LogP contribution in [0.5, 0.6) is 0 Å². The minimum atomic E-state index is -1.27. The first kappa shape index (κ1) is 53.2. The number of likely N-dealkylation sites (N-methyl/N-ethyl adjacent to an activating group) is 1. The van der Waals surface area contributed by atoms with Gasteiger partial charge in [-0.25, -0.2) is 4.68 Å². The predicted octanol–water partition coefficient (Wildman–Crippen LogP) is 6.51. The summed E-state index contributed by atoms with van der Waals surface area (Å²) in [6.45, 7) is 13.5.